The number of piperidine rings is 1. The number of benzene rings is 1. The third-order valence-electron chi connectivity index (χ3n) is 5.05. The molecule has 0 bridgehead atoms. The van der Waals surface area contributed by atoms with E-state index in [2.05, 4.69) is 49.1 Å². The second kappa shape index (κ2) is 8.63. The molecule has 1 aliphatic heterocycles. The van der Waals surface area contributed by atoms with Gasteiger partial charge in [0, 0.05) is 31.7 Å². The normalized spacial score (nSPS) is 20.0. The molecule has 1 unspecified atom stereocenters. The van der Waals surface area contributed by atoms with Gasteiger partial charge < -0.3 is 10.6 Å². The number of hydrogen-bond acceptors (Lipinski definition) is 3. The Balaban J connectivity index is 2.06. The number of nitrogens with two attached hydrogens (primary N) is 1. The quantitative estimate of drug-likeness (QED) is 0.872. The molecule has 0 radical (unpaired) electrons. The number of carbonyl (C=O) groups is 1. The van der Waals surface area contributed by atoms with Gasteiger partial charge in [-0.2, -0.15) is 0 Å². The summed E-state index contributed by atoms with van der Waals surface area (Å²) in [7, 11) is 0. The second-order valence-electron chi connectivity index (χ2n) is 7.60. The van der Waals surface area contributed by atoms with Crippen molar-refractivity contribution >= 4 is 5.91 Å². The van der Waals surface area contributed by atoms with E-state index in [1.54, 1.807) is 0 Å². The summed E-state index contributed by atoms with van der Waals surface area (Å²) >= 11 is 0. The van der Waals surface area contributed by atoms with E-state index in [-0.39, 0.29) is 17.9 Å². The van der Waals surface area contributed by atoms with Crippen LogP contribution in [0.3, 0.4) is 0 Å². The van der Waals surface area contributed by atoms with Crippen LogP contribution in [0.1, 0.15) is 46.1 Å². The lowest BCUT2D eigenvalue weighted by molar-refractivity contribution is -0.136. The van der Waals surface area contributed by atoms with Crippen molar-refractivity contribution in [3.63, 3.8) is 0 Å². The van der Waals surface area contributed by atoms with Gasteiger partial charge in [0.1, 0.15) is 0 Å². The van der Waals surface area contributed by atoms with Crippen molar-refractivity contribution in [3.8, 4) is 0 Å². The van der Waals surface area contributed by atoms with Gasteiger partial charge >= 0.3 is 0 Å². The molecule has 0 saturated carbocycles. The van der Waals surface area contributed by atoms with Crippen LogP contribution < -0.4 is 5.73 Å². The van der Waals surface area contributed by atoms with E-state index >= 15 is 0 Å². The highest BCUT2D eigenvalue weighted by Gasteiger charge is 2.31. The van der Waals surface area contributed by atoms with E-state index in [9.17, 15) is 4.79 Å². The standard InChI is InChI=1S/C20H33N3O/c1-15(2)19(21)20(24)22-12-8-11-18(14-22)23(16(3)4)13-17-9-6-5-7-10-17/h5-7,9-10,15-16,18-19H,8,11-14,21H2,1-4H3/t18-,19?/m0/s1. The van der Waals surface area contributed by atoms with Crippen LogP contribution in [0.4, 0.5) is 0 Å². The van der Waals surface area contributed by atoms with Gasteiger partial charge in [0.25, 0.3) is 0 Å². The van der Waals surface area contributed by atoms with Crippen LogP contribution in [0.25, 0.3) is 0 Å². The minimum Gasteiger partial charge on any atom is -0.340 e. The number of likely N-dealkylation sites (tertiary alicyclic amines) is 1. The van der Waals surface area contributed by atoms with Gasteiger partial charge in [-0.3, -0.25) is 9.69 Å². The van der Waals surface area contributed by atoms with E-state index in [1.807, 2.05) is 18.7 Å². The Hall–Kier alpha value is -1.39. The van der Waals surface area contributed by atoms with Crippen LogP contribution in [0.15, 0.2) is 30.3 Å². The molecule has 2 rings (SSSR count). The Morgan fingerprint density at radius 1 is 1.25 bits per heavy atom. The first-order chi connectivity index (χ1) is 11.4. The van der Waals surface area contributed by atoms with Crippen LogP contribution in [-0.2, 0) is 11.3 Å². The summed E-state index contributed by atoms with van der Waals surface area (Å²) in [5.41, 5.74) is 7.42. The zero-order valence-electron chi connectivity index (χ0n) is 15.6. The molecule has 0 aromatic heterocycles. The molecular formula is C20H33N3O. The van der Waals surface area contributed by atoms with E-state index < -0.39 is 0 Å². The lowest BCUT2D eigenvalue weighted by atomic mass is 9.98. The van der Waals surface area contributed by atoms with Crippen molar-refractivity contribution < 1.29 is 4.79 Å². The van der Waals surface area contributed by atoms with Crippen molar-refractivity contribution in [2.75, 3.05) is 13.1 Å². The van der Waals surface area contributed by atoms with Crippen LogP contribution in [0.5, 0.6) is 0 Å². The van der Waals surface area contributed by atoms with Crippen molar-refractivity contribution in [1.82, 2.24) is 9.80 Å². The molecule has 1 fully saturated rings. The third kappa shape index (κ3) is 4.81. The lowest BCUT2D eigenvalue weighted by Gasteiger charge is -2.42. The Morgan fingerprint density at radius 2 is 1.92 bits per heavy atom. The lowest BCUT2D eigenvalue weighted by Crippen LogP contribution is -2.55. The molecule has 2 atom stereocenters. The van der Waals surface area contributed by atoms with Gasteiger partial charge in [0.05, 0.1) is 6.04 Å². The maximum absolute atomic E-state index is 12.6. The largest absolute Gasteiger partial charge is 0.340 e. The molecule has 0 spiro atoms. The van der Waals surface area contributed by atoms with E-state index in [0.29, 0.717) is 12.1 Å². The Kier molecular flexibility index (Phi) is 6.81. The molecule has 4 heteroatoms. The fourth-order valence-electron chi connectivity index (χ4n) is 3.45. The second-order valence-corrected chi connectivity index (χ2v) is 7.60. The Morgan fingerprint density at radius 3 is 2.50 bits per heavy atom. The Bertz CT molecular complexity index is 515. The highest BCUT2D eigenvalue weighted by Crippen LogP contribution is 2.21. The number of amides is 1. The van der Waals surface area contributed by atoms with Crippen LogP contribution in [0.2, 0.25) is 0 Å². The minimum atomic E-state index is -0.384. The van der Waals surface area contributed by atoms with E-state index in [1.165, 1.54) is 5.56 Å². The number of nitrogens with zero attached hydrogens (tertiary/aromatic N) is 2. The monoisotopic (exact) mass is 331 g/mol. The first-order valence-electron chi connectivity index (χ1n) is 9.24. The molecular weight excluding hydrogens is 298 g/mol. The maximum atomic E-state index is 12.6. The Labute approximate surface area is 147 Å². The summed E-state index contributed by atoms with van der Waals surface area (Å²) in [6.45, 7) is 11.1. The summed E-state index contributed by atoms with van der Waals surface area (Å²) in [6, 6.07) is 11.1. The smallest absolute Gasteiger partial charge is 0.239 e. The highest BCUT2D eigenvalue weighted by molar-refractivity contribution is 5.82. The predicted molar refractivity (Wildman–Crippen MR) is 99.5 cm³/mol. The minimum absolute atomic E-state index is 0.109. The molecule has 1 aliphatic rings. The third-order valence-corrected chi connectivity index (χ3v) is 5.05. The first-order valence-corrected chi connectivity index (χ1v) is 9.24. The topological polar surface area (TPSA) is 49.6 Å². The van der Waals surface area contributed by atoms with E-state index in [0.717, 1.165) is 32.5 Å². The van der Waals surface area contributed by atoms with Gasteiger partial charge in [0.2, 0.25) is 5.91 Å². The van der Waals surface area contributed by atoms with Crippen molar-refractivity contribution in [2.45, 2.75) is 65.2 Å². The van der Waals surface area contributed by atoms with Crippen molar-refractivity contribution in [2.24, 2.45) is 11.7 Å². The van der Waals surface area contributed by atoms with Crippen molar-refractivity contribution in [1.29, 1.82) is 0 Å². The summed E-state index contributed by atoms with van der Waals surface area (Å²) in [5, 5.41) is 0. The molecule has 4 nitrogen and oxygen atoms in total. The number of hydrogen-bond donors (Lipinski definition) is 1. The van der Waals surface area contributed by atoms with Crippen LogP contribution in [-0.4, -0.2) is 46.9 Å². The average Bonchev–Trinajstić information content (AvgIpc) is 2.59. The summed E-state index contributed by atoms with van der Waals surface area (Å²) in [5.74, 6) is 0.293. The summed E-state index contributed by atoms with van der Waals surface area (Å²) in [6.07, 6.45) is 2.20. The molecule has 1 aromatic carbocycles. The molecule has 0 aliphatic carbocycles. The van der Waals surface area contributed by atoms with Crippen LogP contribution >= 0.6 is 0 Å². The molecule has 24 heavy (non-hydrogen) atoms. The summed E-state index contributed by atoms with van der Waals surface area (Å²) < 4.78 is 0. The van der Waals surface area contributed by atoms with Gasteiger partial charge in [-0.25, -0.2) is 0 Å². The average molecular weight is 332 g/mol. The highest BCUT2D eigenvalue weighted by atomic mass is 16.2. The molecule has 1 amide bonds. The zero-order chi connectivity index (χ0) is 17.7. The number of carbonyl (C=O) groups excluding carboxylic acids is 1. The fourth-order valence-corrected chi connectivity index (χ4v) is 3.45. The van der Waals surface area contributed by atoms with Gasteiger partial charge in [-0.15, -0.1) is 0 Å². The molecule has 1 aromatic rings. The molecule has 2 N–H and O–H groups in total. The SMILES string of the molecule is CC(C)C(N)C(=O)N1CCC[C@H](N(Cc2ccccc2)C(C)C)C1. The maximum Gasteiger partial charge on any atom is 0.239 e. The first kappa shape index (κ1) is 18.9. The molecule has 1 saturated heterocycles. The van der Waals surface area contributed by atoms with Gasteiger partial charge in [0.15, 0.2) is 0 Å². The fraction of sp³-hybridized carbons (Fsp3) is 0.650. The van der Waals surface area contributed by atoms with E-state index in [4.69, 9.17) is 5.73 Å². The number of rotatable bonds is 6. The van der Waals surface area contributed by atoms with Gasteiger partial charge in [-0.05, 0) is 38.2 Å². The zero-order valence-corrected chi connectivity index (χ0v) is 15.6. The van der Waals surface area contributed by atoms with Gasteiger partial charge in [-0.1, -0.05) is 44.2 Å². The molecule has 1 heterocycles. The molecule has 134 valence electrons. The summed E-state index contributed by atoms with van der Waals surface area (Å²) in [4.78, 5) is 17.1. The van der Waals surface area contributed by atoms with Crippen LogP contribution in [0, 0.1) is 5.92 Å². The predicted octanol–water partition coefficient (Wildman–Crippen LogP) is 2.87. The van der Waals surface area contributed by atoms with Crippen molar-refractivity contribution in [3.05, 3.63) is 35.9 Å².